The van der Waals surface area contributed by atoms with Gasteiger partial charge in [-0.25, -0.2) is 4.39 Å². The van der Waals surface area contributed by atoms with Gasteiger partial charge in [-0.3, -0.25) is 0 Å². The Balaban J connectivity index is 2.36. The molecule has 1 heteroatoms. The lowest BCUT2D eigenvalue weighted by Crippen LogP contribution is -1.92. The second-order valence-corrected chi connectivity index (χ2v) is 6.07. The predicted molar refractivity (Wildman–Crippen MR) is 98.9 cm³/mol. The van der Waals surface area contributed by atoms with Crippen molar-refractivity contribution in [1.29, 1.82) is 0 Å². The average molecular weight is 306 g/mol. The van der Waals surface area contributed by atoms with E-state index in [2.05, 4.69) is 37.4 Å². The van der Waals surface area contributed by atoms with Crippen LogP contribution < -0.4 is 0 Å². The normalized spacial score (nSPS) is 11.4. The molecule has 0 nitrogen and oxygen atoms in total. The second-order valence-electron chi connectivity index (χ2n) is 6.07. The Morgan fingerprint density at radius 3 is 2.09 bits per heavy atom. The lowest BCUT2D eigenvalue weighted by atomic mass is 9.93. The van der Waals surface area contributed by atoms with Crippen molar-refractivity contribution < 1.29 is 4.39 Å². The molecule has 0 spiro atoms. The molecule has 2 aromatic carbocycles. The standard InChI is InChI=1S/C22H23F/c1-14(2)13-15(3)16(4)19-7-9-20(10-8-19)21-11-12-22(23)18(6)17(21)5/h7-13H,1,4H2,2-3,5-6H3/b15-13-. The lowest BCUT2D eigenvalue weighted by molar-refractivity contribution is 0.617. The first-order valence-corrected chi connectivity index (χ1v) is 7.71. The van der Waals surface area contributed by atoms with Crippen molar-refractivity contribution in [3.05, 3.63) is 89.3 Å². The first kappa shape index (κ1) is 17.0. The van der Waals surface area contributed by atoms with E-state index in [4.69, 9.17) is 0 Å². The summed E-state index contributed by atoms with van der Waals surface area (Å²) in [6.07, 6.45) is 2.03. The van der Waals surface area contributed by atoms with Crippen LogP contribution in [0.15, 0.2) is 66.8 Å². The summed E-state index contributed by atoms with van der Waals surface area (Å²) in [5.41, 5.74) is 8.04. The Morgan fingerprint density at radius 1 is 0.913 bits per heavy atom. The summed E-state index contributed by atoms with van der Waals surface area (Å²) in [5, 5.41) is 0. The summed E-state index contributed by atoms with van der Waals surface area (Å²) in [6, 6.07) is 11.6. The molecule has 118 valence electrons. The molecular formula is C22H23F. The number of hydrogen-bond acceptors (Lipinski definition) is 0. The van der Waals surface area contributed by atoms with Gasteiger partial charge >= 0.3 is 0 Å². The van der Waals surface area contributed by atoms with Crippen molar-refractivity contribution >= 4 is 5.57 Å². The molecule has 0 aliphatic rings. The first-order chi connectivity index (χ1) is 10.8. The Kier molecular flexibility index (Phi) is 5.00. The zero-order valence-corrected chi connectivity index (χ0v) is 14.3. The van der Waals surface area contributed by atoms with E-state index in [1.54, 1.807) is 0 Å². The van der Waals surface area contributed by atoms with Gasteiger partial charge in [0.05, 0.1) is 0 Å². The molecule has 0 radical (unpaired) electrons. The second kappa shape index (κ2) is 6.78. The lowest BCUT2D eigenvalue weighted by Gasteiger charge is -2.12. The highest BCUT2D eigenvalue weighted by atomic mass is 19.1. The van der Waals surface area contributed by atoms with Gasteiger partial charge in [-0.2, -0.15) is 0 Å². The van der Waals surface area contributed by atoms with Gasteiger partial charge in [0.1, 0.15) is 5.82 Å². The van der Waals surface area contributed by atoms with Crippen molar-refractivity contribution in [3.8, 4) is 11.1 Å². The van der Waals surface area contributed by atoms with Gasteiger partial charge < -0.3 is 0 Å². The topological polar surface area (TPSA) is 0 Å². The van der Waals surface area contributed by atoms with Crippen molar-refractivity contribution in [2.75, 3.05) is 0 Å². The van der Waals surface area contributed by atoms with E-state index in [0.717, 1.165) is 39.0 Å². The maximum Gasteiger partial charge on any atom is 0.126 e. The van der Waals surface area contributed by atoms with Gasteiger partial charge in [-0.15, -0.1) is 0 Å². The summed E-state index contributed by atoms with van der Waals surface area (Å²) in [5.74, 6) is -0.156. The third-order valence-electron chi connectivity index (χ3n) is 4.20. The summed E-state index contributed by atoms with van der Waals surface area (Å²) >= 11 is 0. The first-order valence-electron chi connectivity index (χ1n) is 7.71. The van der Waals surface area contributed by atoms with Crippen LogP contribution in [0.2, 0.25) is 0 Å². The van der Waals surface area contributed by atoms with Crippen LogP contribution in [-0.2, 0) is 0 Å². The molecule has 23 heavy (non-hydrogen) atoms. The third-order valence-corrected chi connectivity index (χ3v) is 4.20. The van der Waals surface area contributed by atoms with Gasteiger partial charge in [-0.05, 0) is 72.7 Å². The zero-order valence-electron chi connectivity index (χ0n) is 14.3. The van der Waals surface area contributed by atoms with E-state index < -0.39 is 0 Å². The average Bonchev–Trinajstić information content (AvgIpc) is 2.52. The maximum atomic E-state index is 13.6. The molecule has 0 heterocycles. The highest BCUT2D eigenvalue weighted by molar-refractivity contribution is 5.79. The monoisotopic (exact) mass is 306 g/mol. The molecule has 0 aromatic heterocycles. The van der Waals surface area contributed by atoms with Crippen LogP contribution in [0, 0.1) is 19.7 Å². The molecule has 0 N–H and O–H groups in total. The third kappa shape index (κ3) is 3.68. The molecule has 0 amide bonds. The highest BCUT2D eigenvalue weighted by Crippen LogP contribution is 2.29. The number of benzene rings is 2. The van der Waals surface area contributed by atoms with E-state index >= 15 is 0 Å². The number of halogens is 1. The fourth-order valence-corrected chi connectivity index (χ4v) is 2.64. The van der Waals surface area contributed by atoms with Crippen LogP contribution in [0.25, 0.3) is 16.7 Å². The minimum atomic E-state index is -0.156. The molecule has 0 bridgehead atoms. The number of hydrogen-bond donors (Lipinski definition) is 0. The van der Waals surface area contributed by atoms with Crippen LogP contribution >= 0.6 is 0 Å². The molecule has 0 saturated heterocycles. The minimum absolute atomic E-state index is 0.156. The van der Waals surface area contributed by atoms with Crippen LogP contribution in [0.4, 0.5) is 4.39 Å². The molecule has 0 saturated carbocycles. The summed E-state index contributed by atoms with van der Waals surface area (Å²) in [7, 11) is 0. The van der Waals surface area contributed by atoms with Crippen LogP contribution in [0.3, 0.4) is 0 Å². The smallest absolute Gasteiger partial charge is 0.126 e. The molecule has 2 aromatic rings. The van der Waals surface area contributed by atoms with Gasteiger partial charge in [0.15, 0.2) is 0 Å². The summed E-state index contributed by atoms with van der Waals surface area (Å²) < 4.78 is 13.6. The maximum absolute atomic E-state index is 13.6. The summed E-state index contributed by atoms with van der Waals surface area (Å²) in [6.45, 7) is 15.9. The molecule has 0 atom stereocenters. The largest absolute Gasteiger partial charge is 0.207 e. The Labute approximate surface area is 138 Å². The van der Waals surface area contributed by atoms with Crippen molar-refractivity contribution in [1.82, 2.24) is 0 Å². The molecule has 0 aliphatic heterocycles. The number of rotatable bonds is 4. The van der Waals surface area contributed by atoms with E-state index in [-0.39, 0.29) is 5.82 Å². The fourth-order valence-electron chi connectivity index (χ4n) is 2.64. The van der Waals surface area contributed by atoms with E-state index in [1.807, 2.05) is 39.8 Å². The molecule has 2 rings (SSSR count). The van der Waals surface area contributed by atoms with Crippen molar-refractivity contribution in [2.24, 2.45) is 0 Å². The predicted octanol–water partition coefficient (Wildman–Crippen LogP) is 6.65. The van der Waals surface area contributed by atoms with Crippen LogP contribution in [0.5, 0.6) is 0 Å². The highest BCUT2D eigenvalue weighted by Gasteiger charge is 2.08. The summed E-state index contributed by atoms with van der Waals surface area (Å²) in [4.78, 5) is 0. The number of allylic oxidation sites excluding steroid dienone is 4. The Bertz CT molecular complexity index is 789. The van der Waals surface area contributed by atoms with Gasteiger partial charge in [0.25, 0.3) is 0 Å². The fraction of sp³-hybridized carbons (Fsp3) is 0.182. The molecule has 0 fully saturated rings. The van der Waals surface area contributed by atoms with E-state index in [9.17, 15) is 4.39 Å². The zero-order chi connectivity index (χ0) is 17.1. The minimum Gasteiger partial charge on any atom is -0.207 e. The SMILES string of the molecule is C=C(C)/C=C(/C)C(=C)c1ccc(-c2ccc(F)c(C)c2C)cc1. The van der Waals surface area contributed by atoms with Crippen molar-refractivity contribution in [2.45, 2.75) is 27.7 Å². The Morgan fingerprint density at radius 2 is 1.52 bits per heavy atom. The van der Waals surface area contributed by atoms with Gasteiger partial charge in [0, 0.05) is 0 Å². The molecular weight excluding hydrogens is 283 g/mol. The van der Waals surface area contributed by atoms with E-state index in [1.165, 1.54) is 6.07 Å². The van der Waals surface area contributed by atoms with E-state index in [0.29, 0.717) is 5.56 Å². The molecule has 0 unspecified atom stereocenters. The van der Waals surface area contributed by atoms with Gasteiger partial charge in [0.2, 0.25) is 0 Å². The van der Waals surface area contributed by atoms with Gasteiger partial charge in [-0.1, -0.05) is 55.1 Å². The van der Waals surface area contributed by atoms with Crippen LogP contribution in [-0.4, -0.2) is 0 Å². The van der Waals surface area contributed by atoms with Crippen molar-refractivity contribution in [3.63, 3.8) is 0 Å². The Hall–Kier alpha value is -2.41. The quantitative estimate of drug-likeness (QED) is 0.555. The molecule has 0 aliphatic carbocycles. The van der Waals surface area contributed by atoms with Crippen LogP contribution in [0.1, 0.15) is 30.5 Å².